The second kappa shape index (κ2) is 5.81. The Kier molecular flexibility index (Phi) is 4.58. The number of hydrogen-bond donors (Lipinski definition) is 1. The van der Waals surface area contributed by atoms with Gasteiger partial charge in [-0.2, -0.15) is 0 Å². The Labute approximate surface area is 120 Å². The van der Waals surface area contributed by atoms with Crippen molar-refractivity contribution < 1.29 is 0 Å². The van der Waals surface area contributed by atoms with Crippen molar-refractivity contribution in [1.29, 1.82) is 0 Å². The Balaban J connectivity index is 1.92. The molecule has 0 unspecified atom stereocenters. The molecular formula is C15H21Cl2N. The van der Waals surface area contributed by atoms with Crippen LogP contribution in [0.3, 0.4) is 0 Å². The Morgan fingerprint density at radius 3 is 2.39 bits per heavy atom. The van der Waals surface area contributed by atoms with Gasteiger partial charge in [0.1, 0.15) is 0 Å². The minimum Gasteiger partial charge on any atom is -0.314 e. The van der Waals surface area contributed by atoms with Gasteiger partial charge >= 0.3 is 0 Å². The number of nitrogens with one attached hydrogen (secondary N) is 1. The van der Waals surface area contributed by atoms with Crippen LogP contribution in [0.15, 0.2) is 18.2 Å². The van der Waals surface area contributed by atoms with E-state index in [1.807, 2.05) is 18.2 Å². The lowest BCUT2D eigenvalue weighted by Gasteiger charge is -2.26. The average Bonchev–Trinajstić information content (AvgIpc) is 3.07. The van der Waals surface area contributed by atoms with Gasteiger partial charge in [0.15, 0.2) is 0 Å². The van der Waals surface area contributed by atoms with Gasteiger partial charge in [-0.1, -0.05) is 43.1 Å². The molecule has 1 aliphatic rings. The molecule has 0 aromatic heterocycles. The number of halogens is 2. The highest BCUT2D eigenvalue weighted by molar-refractivity contribution is 6.35. The fourth-order valence-corrected chi connectivity index (χ4v) is 2.70. The third-order valence-electron chi connectivity index (χ3n) is 3.53. The highest BCUT2D eigenvalue weighted by atomic mass is 35.5. The van der Waals surface area contributed by atoms with E-state index in [9.17, 15) is 0 Å². The standard InChI is InChI=1S/C15H21Cl2N/c1-15(2,8-9-18-11-6-7-11)10-12-13(16)4-3-5-14(12)17/h3-5,11,18H,6-10H2,1-2H3. The van der Waals surface area contributed by atoms with Gasteiger partial charge in [0.25, 0.3) is 0 Å². The van der Waals surface area contributed by atoms with Crippen LogP contribution in [0.1, 0.15) is 38.7 Å². The maximum absolute atomic E-state index is 6.23. The van der Waals surface area contributed by atoms with Crippen molar-refractivity contribution in [3.05, 3.63) is 33.8 Å². The second-order valence-corrected chi connectivity index (χ2v) is 6.83. The summed E-state index contributed by atoms with van der Waals surface area (Å²) in [6.07, 6.45) is 4.76. The van der Waals surface area contributed by atoms with Crippen molar-refractivity contribution in [2.45, 2.75) is 45.6 Å². The van der Waals surface area contributed by atoms with Crippen LogP contribution in [0.2, 0.25) is 10.0 Å². The van der Waals surface area contributed by atoms with E-state index < -0.39 is 0 Å². The van der Waals surface area contributed by atoms with E-state index in [2.05, 4.69) is 19.2 Å². The van der Waals surface area contributed by atoms with Crippen molar-refractivity contribution in [2.75, 3.05) is 6.54 Å². The van der Waals surface area contributed by atoms with Crippen molar-refractivity contribution in [1.82, 2.24) is 5.32 Å². The zero-order valence-corrected chi connectivity index (χ0v) is 12.6. The van der Waals surface area contributed by atoms with Crippen molar-refractivity contribution in [3.8, 4) is 0 Å². The smallest absolute Gasteiger partial charge is 0.0453 e. The molecule has 1 N–H and O–H groups in total. The van der Waals surface area contributed by atoms with E-state index in [1.165, 1.54) is 12.8 Å². The van der Waals surface area contributed by atoms with Crippen LogP contribution in [-0.4, -0.2) is 12.6 Å². The van der Waals surface area contributed by atoms with E-state index in [-0.39, 0.29) is 5.41 Å². The number of benzene rings is 1. The van der Waals surface area contributed by atoms with Gasteiger partial charge in [-0.3, -0.25) is 0 Å². The predicted molar refractivity (Wildman–Crippen MR) is 79.6 cm³/mol. The maximum atomic E-state index is 6.23. The lowest BCUT2D eigenvalue weighted by molar-refractivity contribution is 0.325. The van der Waals surface area contributed by atoms with Gasteiger partial charge in [-0.05, 0) is 55.3 Å². The summed E-state index contributed by atoms with van der Waals surface area (Å²) >= 11 is 12.5. The van der Waals surface area contributed by atoms with Crippen LogP contribution in [0.5, 0.6) is 0 Å². The Hall–Kier alpha value is -0.240. The molecule has 1 aliphatic carbocycles. The average molecular weight is 286 g/mol. The van der Waals surface area contributed by atoms with Crippen LogP contribution >= 0.6 is 23.2 Å². The SMILES string of the molecule is CC(C)(CCNC1CC1)Cc1c(Cl)cccc1Cl. The fraction of sp³-hybridized carbons (Fsp3) is 0.600. The molecule has 0 aliphatic heterocycles. The van der Waals surface area contributed by atoms with Gasteiger partial charge < -0.3 is 5.32 Å². The van der Waals surface area contributed by atoms with E-state index in [4.69, 9.17) is 23.2 Å². The second-order valence-electron chi connectivity index (χ2n) is 6.02. The molecular weight excluding hydrogens is 265 g/mol. The van der Waals surface area contributed by atoms with E-state index in [0.29, 0.717) is 0 Å². The largest absolute Gasteiger partial charge is 0.314 e. The highest BCUT2D eigenvalue weighted by Gasteiger charge is 2.24. The van der Waals surface area contributed by atoms with Crippen molar-refractivity contribution in [2.24, 2.45) is 5.41 Å². The first-order chi connectivity index (χ1) is 8.48. The van der Waals surface area contributed by atoms with Crippen molar-refractivity contribution in [3.63, 3.8) is 0 Å². The minimum absolute atomic E-state index is 0.219. The predicted octanol–water partition coefficient (Wildman–Crippen LogP) is 4.70. The molecule has 1 aromatic carbocycles. The van der Waals surface area contributed by atoms with Gasteiger partial charge in [0.2, 0.25) is 0 Å². The summed E-state index contributed by atoms with van der Waals surface area (Å²) in [7, 11) is 0. The molecule has 1 nitrogen and oxygen atoms in total. The monoisotopic (exact) mass is 285 g/mol. The molecule has 0 bridgehead atoms. The molecule has 0 spiro atoms. The lowest BCUT2D eigenvalue weighted by Crippen LogP contribution is -2.25. The molecule has 0 radical (unpaired) electrons. The summed E-state index contributed by atoms with van der Waals surface area (Å²) in [5.74, 6) is 0. The normalized spacial score (nSPS) is 16.0. The number of rotatable bonds is 6. The van der Waals surface area contributed by atoms with E-state index in [1.54, 1.807) is 0 Å². The molecule has 2 rings (SSSR count). The fourth-order valence-electron chi connectivity index (χ4n) is 2.17. The summed E-state index contributed by atoms with van der Waals surface area (Å²) in [6, 6.07) is 6.52. The lowest BCUT2D eigenvalue weighted by atomic mass is 9.82. The van der Waals surface area contributed by atoms with Gasteiger partial charge in [-0.25, -0.2) is 0 Å². The maximum Gasteiger partial charge on any atom is 0.0453 e. The quantitative estimate of drug-likeness (QED) is 0.799. The number of hydrogen-bond acceptors (Lipinski definition) is 1. The summed E-state index contributed by atoms with van der Waals surface area (Å²) in [5.41, 5.74) is 1.30. The Bertz CT molecular complexity index is 391. The van der Waals surface area contributed by atoms with Gasteiger partial charge in [0, 0.05) is 16.1 Å². The molecule has 1 fully saturated rings. The first-order valence-electron chi connectivity index (χ1n) is 6.64. The van der Waals surface area contributed by atoms with Crippen LogP contribution in [0.4, 0.5) is 0 Å². The molecule has 0 saturated heterocycles. The summed E-state index contributed by atoms with van der Waals surface area (Å²) in [4.78, 5) is 0. The minimum atomic E-state index is 0.219. The zero-order chi connectivity index (χ0) is 13.2. The first kappa shape index (κ1) is 14.2. The Morgan fingerprint density at radius 1 is 1.22 bits per heavy atom. The van der Waals surface area contributed by atoms with Crippen LogP contribution < -0.4 is 5.32 Å². The van der Waals surface area contributed by atoms with Crippen LogP contribution in [0.25, 0.3) is 0 Å². The molecule has 3 heteroatoms. The first-order valence-corrected chi connectivity index (χ1v) is 7.40. The molecule has 1 saturated carbocycles. The molecule has 18 heavy (non-hydrogen) atoms. The molecule has 0 heterocycles. The topological polar surface area (TPSA) is 12.0 Å². The van der Waals surface area contributed by atoms with Gasteiger partial charge in [-0.15, -0.1) is 0 Å². The highest BCUT2D eigenvalue weighted by Crippen LogP contribution is 2.33. The Morgan fingerprint density at radius 2 is 1.83 bits per heavy atom. The third kappa shape index (κ3) is 4.15. The molecule has 1 aromatic rings. The summed E-state index contributed by atoms with van der Waals surface area (Å²) in [5, 5.41) is 5.13. The summed E-state index contributed by atoms with van der Waals surface area (Å²) in [6.45, 7) is 5.64. The van der Waals surface area contributed by atoms with Crippen LogP contribution in [0, 0.1) is 5.41 Å². The molecule has 0 amide bonds. The zero-order valence-electron chi connectivity index (χ0n) is 11.1. The molecule has 100 valence electrons. The van der Waals surface area contributed by atoms with E-state index in [0.717, 1.165) is 41.0 Å². The van der Waals surface area contributed by atoms with E-state index >= 15 is 0 Å². The van der Waals surface area contributed by atoms with Gasteiger partial charge in [0.05, 0.1) is 0 Å². The summed E-state index contributed by atoms with van der Waals surface area (Å²) < 4.78 is 0. The molecule has 0 atom stereocenters. The third-order valence-corrected chi connectivity index (χ3v) is 4.24. The van der Waals surface area contributed by atoms with Crippen molar-refractivity contribution >= 4 is 23.2 Å². The van der Waals surface area contributed by atoms with Crippen LogP contribution in [-0.2, 0) is 6.42 Å².